The number of H-pyrrole nitrogens is 1. The van der Waals surface area contributed by atoms with E-state index in [2.05, 4.69) is 33.2 Å². The number of aromatic nitrogens is 3. The summed E-state index contributed by atoms with van der Waals surface area (Å²) < 4.78 is 1.22. The SMILES string of the molecule is c1cc(-c2cccc3[nH]cnc23)c2scnc2c1. The molecule has 0 atom stereocenters. The van der Waals surface area contributed by atoms with Gasteiger partial charge in [0.05, 0.1) is 33.1 Å². The third-order valence-corrected chi connectivity index (χ3v) is 3.97. The van der Waals surface area contributed by atoms with E-state index in [1.165, 1.54) is 10.3 Å². The minimum atomic E-state index is 1.01. The third kappa shape index (κ3) is 1.29. The van der Waals surface area contributed by atoms with Crippen molar-refractivity contribution < 1.29 is 0 Å². The second-order valence-electron chi connectivity index (χ2n) is 4.11. The molecule has 0 aliphatic rings. The molecule has 4 aromatic rings. The number of fused-ring (bicyclic) bond motifs is 2. The van der Waals surface area contributed by atoms with Crippen molar-refractivity contribution in [2.24, 2.45) is 0 Å². The maximum absolute atomic E-state index is 4.41. The van der Waals surface area contributed by atoms with Gasteiger partial charge in [-0.25, -0.2) is 9.97 Å². The van der Waals surface area contributed by atoms with Crippen molar-refractivity contribution in [1.29, 1.82) is 0 Å². The van der Waals surface area contributed by atoms with Crippen LogP contribution in [0.25, 0.3) is 32.4 Å². The number of rotatable bonds is 1. The van der Waals surface area contributed by atoms with Gasteiger partial charge in [0.1, 0.15) is 0 Å². The lowest BCUT2D eigenvalue weighted by molar-refractivity contribution is 1.34. The summed E-state index contributed by atoms with van der Waals surface area (Å²) in [4.78, 5) is 11.9. The fraction of sp³-hybridized carbons (Fsp3) is 0. The Kier molecular flexibility index (Phi) is 1.98. The minimum Gasteiger partial charge on any atom is -0.345 e. The first-order chi connectivity index (χ1) is 8.93. The number of imidazole rings is 1. The van der Waals surface area contributed by atoms with E-state index in [9.17, 15) is 0 Å². The topological polar surface area (TPSA) is 41.6 Å². The summed E-state index contributed by atoms with van der Waals surface area (Å²) in [6.07, 6.45) is 1.74. The lowest BCUT2D eigenvalue weighted by atomic mass is 10.0. The van der Waals surface area contributed by atoms with Gasteiger partial charge < -0.3 is 4.98 Å². The molecule has 2 heterocycles. The zero-order chi connectivity index (χ0) is 11.9. The van der Waals surface area contributed by atoms with Crippen molar-refractivity contribution >= 4 is 32.6 Å². The molecule has 0 bridgehead atoms. The van der Waals surface area contributed by atoms with Gasteiger partial charge in [-0.3, -0.25) is 0 Å². The molecule has 0 unspecified atom stereocenters. The molecule has 0 amide bonds. The number of benzene rings is 2. The second-order valence-corrected chi connectivity index (χ2v) is 4.97. The third-order valence-electron chi connectivity index (χ3n) is 3.10. The van der Waals surface area contributed by atoms with Crippen LogP contribution >= 0.6 is 11.3 Å². The Labute approximate surface area is 107 Å². The summed E-state index contributed by atoms with van der Waals surface area (Å²) in [6, 6.07) is 12.4. The van der Waals surface area contributed by atoms with Gasteiger partial charge in [-0.05, 0) is 12.1 Å². The first kappa shape index (κ1) is 9.79. The summed E-state index contributed by atoms with van der Waals surface area (Å²) in [7, 11) is 0. The summed E-state index contributed by atoms with van der Waals surface area (Å²) in [5.74, 6) is 0. The fourth-order valence-electron chi connectivity index (χ4n) is 2.28. The fourth-order valence-corrected chi connectivity index (χ4v) is 3.10. The molecule has 0 fully saturated rings. The molecule has 4 rings (SSSR count). The van der Waals surface area contributed by atoms with Gasteiger partial charge in [-0.2, -0.15) is 0 Å². The van der Waals surface area contributed by atoms with Crippen molar-refractivity contribution in [2.45, 2.75) is 0 Å². The Morgan fingerprint density at radius 1 is 0.944 bits per heavy atom. The molecule has 3 nitrogen and oxygen atoms in total. The number of nitrogens with zero attached hydrogens (tertiary/aromatic N) is 2. The second kappa shape index (κ2) is 3.65. The molecular formula is C14H9N3S. The highest BCUT2D eigenvalue weighted by molar-refractivity contribution is 7.17. The quantitative estimate of drug-likeness (QED) is 0.558. The van der Waals surface area contributed by atoms with Crippen LogP contribution in [0.15, 0.2) is 48.2 Å². The van der Waals surface area contributed by atoms with Crippen LogP contribution in [0.2, 0.25) is 0 Å². The Balaban J connectivity index is 2.13. The number of hydrogen-bond acceptors (Lipinski definition) is 3. The van der Waals surface area contributed by atoms with Crippen LogP contribution in [-0.4, -0.2) is 15.0 Å². The highest BCUT2D eigenvalue weighted by Gasteiger charge is 2.10. The number of nitrogens with one attached hydrogen (secondary N) is 1. The van der Waals surface area contributed by atoms with Gasteiger partial charge in [-0.15, -0.1) is 11.3 Å². The first-order valence-corrected chi connectivity index (χ1v) is 6.56. The number of hydrogen-bond donors (Lipinski definition) is 1. The van der Waals surface area contributed by atoms with Crippen molar-refractivity contribution in [3.8, 4) is 11.1 Å². The molecular weight excluding hydrogens is 242 g/mol. The van der Waals surface area contributed by atoms with E-state index in [0.29, 0.717) is 0 Å². The average Bonchev–Trinajstić information content (AvgIpc) is 3.06. The van der Waals surface area contributed by atoms with Crippen LogP contribution in [0.3, 0.4) is 0 Å². The molecule has 2 aromatic carbocycles. The van der Waals surface area contributed by atoms with Gasteiger partial charge in [0.2, 0.25) is 0 Å². The minimum absolute atomic E-state index is 1.01. The normalized spacial score (nSPS) is 11.3. The molecule has 2 aromatic heterocycles. The molecule has 0 aliphatic heterocycles. The number of thiazole rings is 1. The molecule has 1 N–H and O–H groups in total. The number of para-hydroxylation sites is 1. The van der Waals surface area contributed by atoms with Crippen LogP contribution < -0.4 is 0 Å². The van der Waals surface area contributed by atoms with Crippen LogP contribution in [0, 0.1) is 0 Å². The smallest absolute Gasteiger partial charge is 0.0961 e. The van der Waals surface area contributed by atoms with Crippen molar-refractivity contribution in [2.75, 3.05) is 0 Å². The number of aromatic amines is 1. The van der Waals surface area contributed by atoms with E-state index >= 15 is 0 Å². The Morgan fingerprint density at radius 2 is 1.83 bits per heavy atom. The van der Waals surface area contributed by atoms with Crippen LogP contribution in [0.4, 0.5) is 0 Å². The summed E-state index contributed by atoms with van der Waals surface area (Å²) in [5.41, 5.74) is 7.37. The van der Waals surface area contributed by atoms with E-state index in [0.717, 1.165) is 22.1 Å². The van der Waals surface area contributed by atoms with Crippen LogP contribution in [0.5, 0.6) is 0 Å². The van der Waals surface area contributed by atoms with Crippen molar-refractivity contribution in [3.05, 3.63) is 48.2 Å². The predicted molar refractivity (Wildman–Crippen MR) is 74.7 cm³/mol. The molecule has 4 heteroatoms. The van der Waals surface area contributed by atoms with Gasteiger partial charge in [0.25, 0.3) is 0 Å². The average molecular weight is 251 g/mol. The summed E-state index contributed by atoms with van der Waals surface area (Å²) in [5, 5.41) is 0. The largest absolute Gasteiger partial charge is 0.345 e. The van der Waals surface area contributed by atoms with Crippen molar-refractivity contribution in [1.82, 2.24) is 15.0 Å². The lowest BCUT2D eigenvalue weighted by Gasteiger charge is -2.03. The highest BCUT2D eigenvalue weighted by atomic mass is 32.1. The Bertz CT molecular complexity index is 772. The predicted octanol–water partition coefficient (Wildman–Crippen LogP) is 3.84. The van der Waals surface area contributed by atoms with E-state index in [1.807, 2.05) is 23.7 Å². The Morgan fingerprint density at radius 3 is 2.83 bits per heavy atom. The summed E-state index contributed by atoms with van der Waals surface area (Å²) >= 11 is 1.67. The summed E-state index contributed by atoms with van der Waals surface area (Å²) in [6.45, 7) is 0. The van der Waals surface area contributed by atoms with Gasteiger partial charge in [0, 0.05) is 11.1 Å². The molecule has 0 radical (unpaired) electrons. The van der Waals surface area contributed by atoms with Crippen LogP contribution in [0.1, 0.15) is 0 Å². The van der Waals surface area contributed by atoms with E-state index in [1.54, 1.807) is 17.7 Å². The molecule has 86 valence electrons. The van der Waals surface area contributed by atoms with Crippen molar-refractivity contribution in [3.63, 3.8) is 0 Å². The van der Waals surface area contributed by atoms with E-state index in [-0.39, 0.29) is 0 Å². The zero-order valence-electron chi connectivity index (χ0n) is 9.42. The Hall–Kier alpha value is -2.20. The van der Waals surface area contributed by atoms with Crippen LogP contribution in [-0.2, 0) is 0 Å². The molecule has 0 aliphatic carbocycles. The van der Waals surface area contributed by atoms with Gasteiger partial charge in [0.15, 0.2) is 0 Å². The molecule has 0 saturated heterocycles. The molecule has 0 spiro atoms. The van der Waals surface area contributed by atoms with E-state index < -0.39 is 0 Å². The van der Waals surface area contributed by atoms with E-state index in [4.69, 9.17) is 0 Å². The standard InChI is InChI=1S/C14H9N3S/c1-3-9(13-11(5-1)15-7-16-13)10-4-2-6-12-14(10)18-8-17-12/h1-8H,(H,15,16). The van der Waals surface area contributed by atoms with Gasteiger partial charge in [-0.1, -0.05) is 24.3 Å². The highest BCUT2D eigenvalue weighted by Crippen LogP contribution is 2.34. The zero-order valence-corrected chi connectivity index (χ0v) is 10.2. The molecule has 18 heavy (non-hydrogen) atoms. The molecule has 0 saturated carbocycles. The monoisotopic (exact) mass is 251 g/mol. The van der Waals surface area contributed by atoms with Gasteiger partial charge >= 0.3 is 0 Å². The maximum Gasteiger partial charge on any atom is 0.0961 e. The maximum atomic E-state index is 4.41. The lowest BCUT2D eigenvalue weighted by Crippen LogP contribution is -1.81. The first-order valence-electron chi connectivity index (χ1n) is 5.68.